The lowest BCUT2D eigenvalue weighted by Crippen LogP contribution is -2.39. The normalized spacial score (nSPS) is 19.4. The number of para-hydroxylation sites is 2. The van der Waals surface area contributed by atoms with Crippen molar-refractivity contribution in [2.75, 3.05) is 13.7 Å². The van der Waals surface area contributed by atoms with E-state index in [2.05, 4.69) is 10.6 Å². The van der Waals surface area contributed by atoms with Crippen molar-refractivity contribution < 1.29 is 19.4 Å². The molecular weight excluding hydrogens is 320 g/mol. The zero-order valence-electron chi connectivity index (χ0n) is 14.1. The third kappa shape index (κ3) is 4.49. The fourth-order valence-electron chi connectivity index (χ4n) is 2.73. The Morgan fingerprint density at radius 3 is 2.56 bits per heavy atom. The molecule has 1 fully saturated rings. The van der Waals surface area contributed by atoms with Crippen LogP contribution >= 0.6 is 0 Å². The minimum Gasteiger partial charge on any atom is -0.493 e. The highest BCUT2D eigenvalue weighted by atomic mass is 16.5. The van der Waals surface area contributed by atoms with E-state index < -0.39 is 6.10 Å². The molecule has 1 aliphatic heterocycles. The lowest BCUT2D eigenvalue weighted by Gasteiger charge is -2.12. The molecule has 1 amide bonds. The zero-order chi connectivity index (χ0) is 17.6. The number of methoxy groups -OCH3 is 1. The number of ether oxygens (including phenoxy) is 2. The zero-order valence-corrected chi connectivity index (χ0v) is 14.1. The van der Waals surface area contributed by atoms with Crippen LogP contribution in [0.4, 0.5) is 0 Å². The molecule has 0 unspecified atom stereocenters. The first-order valence-electron chi connectivity index (χ1n) is 8.24. The van der Waals surface area contributed by atoms with Crippen LogP contribution in [0.5, 0.6) is 17.2 Å². The molecule has 2 aromatic carbocycles. The lowest BCUT2D eigenvalue weighted by molar-refractivity contribution is -0.123. The van der Waals surface area contributed by atoms with Crippen molar-refractivity contribution in [1.82, 2.24) is 10.6 Å². The van der Waals surface area contributed by atoms with E-state index in [4.69, 9.17) is 9.47 Å². The second-order valence-corrected chi connectivity index (χ2v) is 5.97. The third-order valence-corrected chi connectivity index (χ3v) is 4.11. The molecule has 2 aromatic rings. The molecule has 3 N–H and O–H groups in total. The highest BCUT2D eigenvalue weighted by Gasteiger charge is 2.27. The molecule has 0 radical (unpaired) electrons. The van der Waals surface area contributed by atoms with Gasteiger partial charge in [-0.3, -0.25) is 4.79 Å². The molecule has 0 saturated carbocycles. The second-order valence-electron chi connectivity index (χ2n) is 5.97. The number of β-amino-alcohol motifs (C(OH)–C–C–N with tert-alkyl or cyclic N) is 1. The van der Waals surface area contributed by atoms with Crippen LogP contribution in [0.2, 0.25) is 0 Å². The van der Waals surface area contributed by atoms with Crippen LogP contribution < -0.4 is 20.1 Å². The molecule has 1 aliphatic rings. The van der Waals surface area contributed by atoms with Crippen LogP contribution in [0.3, 0.4) is 0 Å². The van der Waals surface area contributed by atoms with E-state index >= 15 is 0 Å². The van der Waals surface area contributed by atoms with E-state index in [1.54, 1.807) is 7.11 Å². The number of aliphatic hydroxyl groups is 1. The number of hydrogen-bond donors (Lipinski definition) is 3. The molecule has 132 valence electrons. The number of aliphatic hydroxyl groups excluding tert-OH is 1. The Morgan fingerprint density at radius 2 is 1.92 bits per heavy atom. The number of carbonyl (C=O) groups is 1. The Hall–Kier alpha value is -2.57. The van der Waals surface area contributed by atoms with E-state index in [0.717, 1.165) is 5.56 Å². The third-order valence-electron chi connectivity index (χ3n) is 4.11. The number of rotatable bonds is 6. The first-order chi connectivity index (χ1) is 12.2. The molecule has 0 aromatic heterocycles. The Balaban J connectivity index is 1.54. The van der Waals surface area contributed by atoms with Gasteiger partial charge < -0.3 is 25.2 Å². The molecule has 3 rings (SSSR count). The number of nitrogens with one attached hydrogen (secondary N) is 2. The maximum absolute atomic E-state index is 12.0. The Bertz CT molecular complexity index is 718. The molecular formula is C19H22N2O4. The molecule has 1 saturated heterocycles. The average molecular weight is 342 g/mol. The van der Waals surface area contributed by atoms with Gasteiger partial charge in [-0.25, -0.2) is 0 Å². The van der Waals surface area contributed by atoms with Gasteiger partial charge in [-0.2, -0.15) is 0 Å². The topological polar surface area (TPSA) is 79.8 Å². The van der Waals surface area contributed by atoms with Gasteiger partial charge in [0.15, 0.2) is 11.5 Å². The van der Waals surface area contributed by atoms with Crippen LogP contribution in [-0.4, -0.2) is 36.8 Å². The van der Waals surface area contributed by atoms with E-state index in [1.165, 1.54) is 0 Å². The fourth-order valence-corrected chi connectivity index (χ4v) is 2.73. The summed E-state index contributed by atoms with van der Waals surface area (Å²) in [7, 11) is 1.60. The van der Waals surface area contributed by atoms with Crippen molar-refractivity contribution in [3.63, 3.8) is 0 Å². The predicted octanol–water partition coefficient (Wildman–Crippen LogP) is 1.83. The van der Waals surface area contributed by atoms with E-state index in [9.17, 15) is 9.90 Å². The molecule has 0 aliphatic carbocycles. The van der Waals surface area contributed by atoms with Crippen LogP contribution in [0.25, 0.3) is 0 Å². The molecule has 2 atom stereocenters. The maximum Gasteiger partial charge on any atom is 0.237 e. The molecule has 1 heterocycles. The predicted molar refractivity (Wildman–Crippen MR) is 93.8 cm³/mol. The average Bonchev–Trinajstić information content (AvgIpc) is 3.08. The number of benzene rings is 2. The minimum atomic E-state index is -0.442. The summed E-state index contributed by atoms with van der Waals surface area (Å²) in [5.41, 5.74) is 0.972. The summed E-state index contributed by atoms with van der Waals surface area (Å²) < 4.78 is 11.1. The van der Waals surface area contributed by atoms with Gasteiger partial charge in [-0.15, -0.1) is 0 Å². The van der Waals surface area contributed by atoms with E-state index in [-0.39, 0.29) is 11.9 Å². The summed E-state index contributed by atoms with van der Waals surface area (Å²) in [4.78, 5) is 12.0. The van der Waals surface area contributed by atoms with E-state index in [1.807, 2.05) is 48.5 Å². The van der Waals surface area contributed by atoms with E-state index in [0.29, 0.717) is 36.8 Å². The second kappa shape index (κ2) is 8.00. The van der Waals surface area contributed by atoms with Crippen LogP contribution in [0.1, 0.15) is 12.0 Å². The SMILES string of the molecule is COc1ccccc1Oc1ccc(CNC(=O)[C@H]2C[C@@H](O)CN2)cc1. The number of hydrogen-bond acceptors (Lipinski definition) is 5. The van der Waals surface area contributed by atoms with Gasteiger partial charge in [0.25, 0.3) is 0 Å². The molecule has 0 spiro atoms. The van der Waals surface area contributed by atoms with Gasteiger partial charge in [0.1, 0.15) is 5.75 Å². The first-order valence-corrected chi connectivity index (χ1v) is 8.24. The summed E-state index contributed by atoms with van der Waals surface area (Å²) in [6.45, 7) is 0.898. The summed E-state index contributed by atoms with van der Waals surface area (Å²) in [6.07, 6.45) is 0.0134. The number of amides is 1. The molecule has 0 bridgehead atoms. The van der Waals surface area contributed by atoms with Crippen molar-refractivity contribution in [3.05, 3.63) is 54.1 Å². The highest BCUT2D eigenvalue weighted by Crippen LogP contribution is 2.30. The minimum absolute atomic E-state index is 0.0918. The van der Waals surface area contributed by atoms with Crippen LogP contribution in [0, 0.1) is 0 Å². The van der Waals surface area contributed by atoms with Crippen molar-refractivity contribution >= 4 is 5.91 Å². The van der Waals surface area contributed by atoms with Gasteiger partial charge in [0.2, 0.25) is 5.91 Å². The number of carbonyl (C=O) groups excluding carboxylic acids is 1. The Labute approximate surface area is 146 Å². The monoisotopic (exact) mass is 342 g/mol. The van der Waals surface area contributed by atoms with Crippen molar-refractivity contribution in [1.29, 1.82) is 0 Å². The summed E-state index contributed by atoms with van der Waals surface area (Å²) in [6, 6.07) is 14.7. The molecule has 25 heavy (non-hydrogen) atoms. The summed E-state index contributed by atoms with van der Waals surface area (Å²) in [5, 5.41) is 15.3. The maximum atomic E-state index is 12.0. The van der Waals surface area contributed by atoms with Gasteiger partial charge in [0.05, 0.1) is 19.3 Å². The van der Waals surface area contributed by atoms with Crippen molar-refractivity contribution in [3.8, 4) is 17.2 Å². The van der Waals surface area contributed by atoms with Crippen molar-refractivity contribution in [2.24, 2.45) is 0 Å². The summed E-state index contributed by atoms with van der Waals surface area (Å²) in [5.74, 6) is 1.92. The van der Waals surface area contributed by atoms with Crippen LogP contribution in [0.15, 0.2) is 48.5 Å². The lowest BCUT2D eigenvalue weighted by atomic mass is 10.1. The van der Waals surface area contributed by atoms with Crippen molar-refractivity contribution in [2.45, 2.75) is 25.1 Å². The van der Waals surface area contributed by atoms with Gasteiger partial charge in [-0.1, -0.05) is 24.3 Å². The van der Waals surface area contributed by atoms with Gasteiger partial charge in [0, 0.05) is 13.1 Å². The Morgan fingerprint density at radius 1 is 1.20 bits per heavy atom. The standard InChI is InChI=1S/C19H22N2O4/c1-24-17-4-2-3-5-18(17)25-15-8-6-13(7-9-15)11-21-19(23)16-10-14(22)12-20-16/h2-9,14,16,20,22H,10-12H2,1H3,(H,21,23)/t14-,16-/m1/s1. The Kier molecular flexibility index (Phi) is 5.53. The van der Waals surface area contributed by atoms with Crippen LogP contribution in [-0.2, 0) is 11.3 Å². The smallest absolute Gasteiger partial charge is 0.237 e. The van der Waals surface area contributed by atoms with Gasteiger partial charge >= 0.3 is 0 Å². The first kappa shape index (κ1) is 17.3. The molecule has 6 nitrogen and oxygen atoms in total. The largest absolute Gasteiger partial charge is 0.493 e. The highest BCUT2D eigenvalue weighted by molar-refractivity contribution is 5.82. The fraction of sp³-hybridized carbons (Fsp3) is 0.316. The molecule has 6 heteroatoms. The summed E-state index contributed by atoms with van der Waals surface area (Å²) >= 11 is 0. The quantitative estimate of drug-likeness (QED) is 0.746. The van der Waals surface area contributed by atoms with Gasteiger partial charge in [-0.05, 0) is 36.2 Å².